The first-order valence-electron chi connectivity index (χ1n) is 10.3. The van der Waals surface area contributed by atoms with Gasteiger partial charge in [0.25, 0.3) is 5.91 Å². The van der Waals surface area contributed by atoms with Crippen molar-refractivity contribution >= 4 is 17.3 Å². The predicted octanol–water partition coefficient (Wildman–Crippen LogP) is 4.13. The normalized spacial score (nSPS) is 13.7. The molecule has 154 valence electrons. The van der Waals surface area contributed by atoms with Crippen LogP contribution < -0.4 is 15.0 Å². The zero-order valence-electron chi connectivity index (χ0n) is 16.9. The van der Waals surface area contributed by atoms with Crippen LogP contribution in [0.25, 0.3) is 0 Å². The average Bonchev–Trinajstić information content (AvgIpc) is 2.80. The van der Waals surface area contributed by atoms with Gasteiger partial charge in [-0.2, -0.15) is 0 Å². The number of carbonyl (C=O) groups excluding carboxylic acids is 1. The molecule has 1 aliphatic rings. The Labute approximate surface area is 177 Å². The molecule has 0 radical (unpaired) electrons. The van der Waals surface area contributed by atoms with Crippen LogP contribution in [0.1, 0.15) is 11.1 Å². The van der Waals surface area contributed by atoms with Gasteiger partial charge in [0, 0.05) is 30.9 Å². The number of hydrogen-bond acceptors (Lipinski definition) is 4. The topological polar surface area (TPSA) is 50.8 Å². The minimum atomic E-state index is -0.177. The second-order valence-electron chi connectivity index (χ2n) is 7.26. The highest BCUT2D eigenvalue weighted by Gasteiger charge is 2.12. The van der Waals surface area contributed by atoms with Gasteiger partial charge in [-0.25, -0.2) is 0 Å². The number of nitrogens with zero attached hydrogens (tertiary/aromatic N) is 1. The predicted molar refractivity (Wildman–Crippen MR) is 119 cm³/mol. The van der Waals surface area contributed by atoms with Crippen molar-refractivity contribution in [2.24, 2.45) is 0 Å². The molecule has 0 atom stereocenters. The van der Waals surface area contributed by atoms with Gasteiger partial charge in [0.05, 0.1) is 13.2 Å². The summed E-state index contributed by atoms with van der Waals surface area (Å²) in [5.74, 6) is 0.558. The molecule has 0 unspecified atom stereocenters. The standard InChI is InChI=1S/C25H26N2O3/c28-25(26-22-10-6-11-23(18-22)27-13-15-29-16-14-27)19-30-24-12-5-4-9-21(24)17-20-7-2-1-3-8-20/h1-12,18H,13-17,19H2,(H,26,28). The van der Waals surface area contributed by atoms with Crippen molar-refractivity contribution in [3.8, 4) is 5.75 Å². The summed E-state index contributed by atoms with van der Waals surface area (Å²) >= 11 is 0. The maximum Gasteiger partial charge on any atom is 0.262 e. The van der Waals surface area contributed by atoms with Gasteiger partial charge in [-0.3, -0.25) is 4.79 Å². The minimum Gasteiger partial charge on any atom is -0.483 e. The molecule has 0 spiro atoms. The zero-order chi connectivity index (χ0) is 20.6. The van der Waals surface area contributed by atoms with Crippen LogP contribution in [0.3, 0.4) is 0 Å². The van der Waals surface area contributed by atoms with Crippen molar-refractivity contribution in [3.05, 3.63) is 90.0 Å². The summed E-state index contributed by atoms with van der Waals surface area (Å²) in [6.45, 7) is 3.14. The van der Waals surface area contributed by atoms with Crippen molar-refractivity contribution in [3.63, 3.8) is 0 Å². The molecule has 0 aliphatic carbocycles. The van der Waals surface area contributed by atoms with Crippen LogP contribution in [0, 0.1) is 0 Å². The Kier molecular flexibility index (Phi) is 6.62. The number of ether oxygens (including phenoxy) is 2. The van der Waals surface area contributed by atoms with Gasteiger partial charge >= 0.3 is 0 Å². The maximum absolute atomic E-state index is 12.5. The quantitative estimate of drug-likeness (QED) is 0.646. The number of carbonyl (C=O) groups is 1. The first-order chi connectivity index (χ1) is 14.8. The number of para-hydroxylation sites is 1. The number of anilines is 2. The third kappa shape index (κ3) is 5.39. The van der Waals surface area contributed by atoms with Gasteiger partial charge in [0.1, 0.15) is 5.75 Å². The Morgan fingerprint density at radius 3 is 2.53 bits per heavy atom. The van der Waals surface area contributed by atoms with Gasteiger partial charge in [-0.15, -0.1) is 0 Å². The number of hydrogen-bond donors (Lipinski definition) is 1. The van der Waals surface area contributed by atoms with Crippen LogP contribution in [0.5, 0.6) is 5.75 Å². The Morgan fingerprint density at radius 1 is 0.933 bits per heavy atom. The monoisotopic (exact) mass is 402 g/mol. The average molecular weight is 402 g/mol. The Morgan fingerprint density at radius 2 is 1.70 bits per heavy atom. The van der Waals surface area contributed by atoms with E-state index < -0.39 is 0 Å². The molecular weight excluding hydrogens is 376 g/mol. The lowest BCUT2D eigenvalue weighted by Crippen LogP contribution is -2.36. The van der Waals surface area contributed by atoms with Crippen molar-refractivity contribution in [1.82, 2.24) is 0 Å². The third-order valence-corrected chi connectivity index (χ3v) is 5.07. The summed E-state index contributed by atoms with van der Waals surface area (Å²) in [6, 6.07) is 26.0. The molecule has 1 aliphatic heterocycles. The highest BCUT2D eigenvalue weighted by Crippen LogP contribution is 2.22. The molecule has 5 heteroatoms. The van der Waals surface area contributed by atoms with Crippen LogP contribution in [-0.4, -0.2) is 38.8 Å². The Hall–Kier alpha value is -3.31. The molecule has 4 rings (SSSR count). The van der Waals surface area contributed by atoms with Crippen molar-refractivity contribution in [2.75, 3.05) is 43.1 Å². The van der Waals surface area contributed by atoms with E-state index in [4.69, 9.17) is 9.47 Å². The number of rotatable bonds is 7. The highest BCUT2D eigenvalue weighted by molar-refractivity contribution is 5.92. The minimum absolute atomic E-state index is 0.0341. The summed E-state index contributed by atoms with van der Waals surface area (Å²) in [6.07, 6.45) is 0.764. The second-order valence-corrected chi connectivity index (χ2v) is 7.26. The molecule has 1 heterocycles. The van der Waals surface area contributed by atoms with Gasteiger partial charge in [-0.1, -0.05) is 54.6 Å². The lowest BCUT2D eigenvalue weighted by Gasteiger charge is -2.29. The Bertz CT molecular complexity index is 969. The molecule has 1 saturated heterocycles. The van der Waals surface area contributed by atoms with Gasteiger partial charge in [0.2, 0.25) is 0 Å². The fourth-order valence-electron chi connectivity index (χ4n) is 3.55. The molecule has 1 amide bonds. The zero-order valence-corrected chi connectivity index (χ0v) is 16.9. The highest BCUT2D eigenvalue weighted by atomic mass is 16.5. The largest absolute Gasteiger partial charge is 0.483 e. The van der Waals surface area contributed by atoms with E-state index >= 15 is 0 Å². The molecule has 3 aromatic rings. The SMILES string of the molecule is O=C(COc1ccccc1Cc1ccccc1)Nc1cccc(N2CCOCC2)c1. The first kappa shape index (κ1) is 20.0. The molecule has 1 fully saturated rings. The van der Waals surface area contributed by atoms with Crippen LogP contribution in [0.15, 0.2) is 78.9 Å². The van der Waals surface area contributed by atoms with E-state index in [2.05, 4.69) is 28.4 Å². The third-order valence-electron chi connectivity index (χ3n) is 5.07. The fourth-order valence-corrected chi connectivity index (χ4v) is 3.55. The number of benzene rings is 3. The van der Waals surface area contributed by atoms with Crippen LogP contribution in [0.4, 0.5) is 11.4 Å². The number of nitrogens with one attached hydrogen (secondary N) is 1. The van der Waals surface area contributed by atoms with E-state index in [1.54, 1.807) is 0 Å². The van der Waals surface area contributed by atoms with Crippen LogP contribution >= 0.6 is 0 Å². The lowest BCUT2D eigenvalue weighted by molar-refractivity contribution is -0.118. The summed E-state index contributed by atoms with van der Waals surface area (Å²) < 4.78 is 11.3. The Balaban J connectivity index is 1.35. The number of morpholine rings is 1. The second kappa shape index (κ2) is 9.94. The maximum atomic E-state index is 12.5. The first-order valence-corrected chi connectivity index (χ1v) is 10.3. The fraction of sp³-hybridized carbons (Fsp3) is 0.240. The molecule has 0 bridgehead atoms. The summed E-state index contributed by atoms with van der Waals surface area (Å²) in [5.41, 5.74) is 4.12. The van der Waals surface area contributed by atoms with Gasteiger partial charge < -0.3 is 19.7 Å². The van der Waals surface area contributed by atoms with Crippen molar-refractivity contribution in [1.29, 1.82) is 0 Å². The molecule has 3 aromatic carbocycles. The molecule has 5 nitrogen and oxygen atoms in total. The molecular formula is C25H26N2O3. The van der Waals surface area contributed by atoms with Gasteiger partial charge in [0.15, 0.2) is 6.61 Å². The van der Waals surface area contributed by atoms with Crippen LogP contribution in [-0.2, 0) is 16.0 Å². The van der Waals surface area contributed by atoms with Gasteiger partial charge in [-0.05, 0) is 35.4 Å². The molecule has 0 aromatic heterocycles. The van der Waals surface area contributed by atoms with E-state index in [-0.39, 0.29) is 12.5 Å². The van der Waals surface area contributed by atoms with Crippen molar-refractivity contribution in [2.45, 2.75) is 6.42 Å². The van der Waals surface area contributed by atoms with E-state index in [9.17, 15) is 4.79 Å². The summed E-state index contributed by atoms with van der Waals surface area (Å²) in [7, 11) is 0. The van der Waals surface area contributed by atoms with Crippen molar-refractivity contribution < 1.29 is 14.3 Å². The van der Waals surface area contributed by atoms with E-state index in [1.165, 1.54) is 5.56 Å². The van der Waals surface area contributed by atoms with Crippen LogP contribution in [0.2, 0.25) is 0 Å². The summed E-state index contributed by atoms with van der Waals surface area (Å²) in [5, 5.41) is 2.94. The smallest absolute Gasteiger partial charge is 0.262 e. The van der Waals surface area contributed by atoms with E-state index in [0.29, 0.717) is 0 Å². The summed E-state index contributed by atoms with van der Waals surface area (Å²) in [4.78, 5) is 14.7. The molecule has 30 heavy (non-hydrogen) atoms. The van der Waals surface area contributed by atoms with E-state index in [0.717, 1.165) is 55.4 Å². The molecule has 1 N–H and O–H groups in total. The van der Waals surface area contributed by atoms with E-state index in [1.807, 2.05) is 60.7 Å². The lowest BCUT2D eigenvalue weighted by atomic mass is 10.0. The number of amides is 1. The molecule has 0 saturated carbocycles.